The maximum absolute atomic E-state index is 13.4. The molecule has 71 heavy (non-hydrogen) atoms. The molecule has 0 unspecified atom stereocenters. The number of primary amides is 1. The van der Waals surface area contributed by atoms with Crippen molar-refractivity contribution in [1.29, 1.82) is 0 Å². The minimum absolute atomic E-state index is 0.0598. The number of aromatic hydroxyl groups is 1. The highest BCUT2D eigenvalue weighted by atomic mass is 16.4. The van der Waals surface area contributed by atoms with Crippen LogP contribution in [0.2, 0.25) is 0 Å². The van der Waals surface area contributed by atoms with Gasteiger partial charge < -0.3 is 47.8 Å². The number of carboxylic acids is 3. The molecule has 3 amide bonds. The normalized spacial score (nSPS) is 13.8. The molecule has 12 N–H and O–H groups in total. The number of phenols is 1. The number of nitrogens with two attached hydrogens (primary N) is 2. The Bertz CT molecular complexity index is 1780. The summed E-state index contributed by atoms with van der Waals surface area (Å²) in [5.41, 5.74) is 12.4. The van der Waals surface area contributed by atoms with Crippen LogP contribution >= 0.6 is 0 Å². The molecule has 0 spiro atoms. The summed E-state index contributed by atoms with van der Waals surface area (Å²) < 4.78 is 0. The number of rotatable bonds is 46. The molecule has 1 aromatic rings. The lowest BCUT2D eigenvalue weighted by Gasteiger charge is -2.22. The highest BCUT2D eigenvalue weighted by Crippen LogP contribution is 2.17. The molecule has 19 heteroatoms. The second-order valence-corrected chi connectivity index (χ2v) is 19.0. The number of phenolic OH excluding ortho intramolecular Hbond substituents is 1. The van der Waals surface area contributed by atoms with Crippen LogP contribution in [0, 0.1) is 11.8 Å². The van der Waals surface area contributed by atoms with E-state index in [1.54, 1.807) is 12.1 Å². The maximum atomic E-state index is 13.4. The number of ketones is 3. The van der Waals surface area contributed by atoms with Crippen LogP contribution in [-0.2, 0) is 49.6 Å². The maximum Gasteiger partial charge on any atom is 0.326 e. The first-order chi connectivity index (χ1) is 33.8. The second kappa shape index (κ2) is 38.4. The average molecular weight is 1000 g/mol. The number of benzene rings is 1. The average Bonchev–Trinajstić information content (AvgIpc) is 3.32. The van der Waals surface area contributed by atoms with Crippen LogP contribution in [0.15, 0.2) is 24.3 Å². The van der Waals surface area contributed by atoms with Crippen LogP contribution in [0.25, 0.3) is 0 Å². The molecule has 19 nitrogen and oxygen atoms in total. The molecule has 0 heterocycles. The Balaban J connectivity index is 2.46. The highest BCUT2D eigenvalue weighted by molar-refractivity contribution is 5.90. The van der Waals surface area contributed by atoms with E-state index < -0.39 is 77.9 Å². The Morgan fingerprint density at radius 3 is 1.63 bits per heavy atom. The molecule has 0 aliphatic rings. The minimum atomic E-state index is -1.30. The van der Waals surface area contributed by atoms with Gasteiger partial charge >= 0.3 is 17.9 Å². The number of aliphatic carboxylic acids is 3. The number of carboxylic acid groups (broad SMARTS) is 3. The summed E-state index contributed by atoms with van der Waals surface area (Å²) in [6, 6.07) is 2.52. The number of nitrogens with one attached hydrogen (secondary N) is 4. The number of unbranched alkanes of at least 4 members (excludes halogenated alkanes) is 14. The van der Waals surface area contributed by atoms with Crippen LogP contribution in [0.5, 0.6) is 5.75 Å². The van der Waals surface area contributed by atoms with Crippen LogP contribution in [0.4, 0.5) is 0 Å². The molecule has 0 radical (unpaired) electrons. The first-order valence-electron chi connectivity index (χ1n) is 25.9. The Labute approximate surface area is 420 Å². The quantitative estimate of drug-likeness (QED) is 0.0373. The van der Waals surface area contributed by atoms with Crippen molar-refractivity contribution in [2.45, 2.75) is 205 Å². The zero-order valence-electron chi connectivity index (χ0n) is 42.4. The van der Waals surface area contributed by atoms with Crippen LogP contribution in [-0.4, -0.2) is 117 Å². The van der Waals surface area contributed by atoms with Crippen LogP contribution in [0.1, 0.15) is 180 Å². The Morgan fingerprint density at radius 1 is 0.577 bits per heavy atom. The predicted molar refractivity (Wildman–Crippen MR) is 269 cm³/mol. The second-order valence-electron chi connectivity index (χ2n) is 19.0. The van der Waals surface area contributed by atoms with Crippen molar-refractivity contribution in [3.63, 3.8) is 0 Å². The van der Waals surface area contributed by atoms with Gasteiger partial charge in [0, 0.05) is 38.6 Å². The summed E-state index contributed by atoms with van der Waals surface area (Å²) in [7, 11) is 0. The molecule has 0 bridgehead atoms. The van der Waals surface area contributed by atoms with E-state index in [0.717, 1.165) is 57.8 Å². The third-order valence-corrected chi connectivity index (χ3v) is 13.0. The molecule has 1 aromatic carbocycles. The van der Waals surface area contributed by atoms with E-state index in [-0.39, 0.29) is 94.2 Å². The molecule has 0 aromatic heterocycles. The fraction of sp³-hybridized carbons (Fsp3) is 0.712. The first-order valence-corrected chi connectivity index (χ1v) is 25.9. The molecule has 6 atom stereocenters. The summed E-state index contributed by atoms with van der Waals surface area (Å²) in [6.07, 6.45) is 15.7. The smallest absolute Gasteiger partial charge is 0.326 e. The summed E-state index contributed by atoms with van der Waals surface area (Å²) in [5.74, 6) is -7.10. The monoisotopic (exact) mass is 1000 g/mol. The van der Waals surface area contributed by atoms with E-state index in [2.05, 4.69) is 21.3 Å². The van der Waals surface area contributed by atoms with Crippen molar-refractivity contribution < 1.29 is 63.6 Å². The van der Waals surface area contributed by atoms with Gasteiger partial charge in [-0.2, -0.15) is 0 Å². The van der Waals surface area contributed by atoms with Gasteiger partial charge in [-0.25, -0.2) is 4.79 Å². The predicted octanol–water partition coefficient (Wildman–Crippen LogP) is 5.25. The minimum Gasteiger partial charge on any atom is -0.508 e. The van der Waals surface area contributed by atoms with Gasteiger partial charge in [-0.15, -0.1) is 0 Å². The number of hydrogen-bond donors (Lipinski definition) is 10. The van der Waals surface area contributed by atoms with Gasteiger partial charge in [-0.3, -0.25) is 43.7 Å². The van der Waals surface area contributed by atoms with Gasteiger partial charge in [-0.1, -0.05) is 109 Å². The molecule has 402 valence electrons. The Kier molecular flexibility index (Phi) is 34.5. The van der Waals surface area contributed by atoms with Crippen LogP contribution in [0.3, 0.4) is 0 Å². The van der Waals surface area contributed by atoms with E-state index in [0.29, 0.717) is 31.2 Å². The van der Waals surface area contributed by atoms with Gasteiger partial charge in [0.15, 0.2) is 11.6 Å². The van der Waals surface area contributed by atoms with Crippen LogP contribution < -0.4 is 32.7 Å². The third-order valence-electron chi connectivity index (χ3n) is 13.0. The summed E-state index contributed by atoms with van der Waals surface area (Å²) in [6.45, 7) is 3.60. The Morgan fingerprint density at radius 2 is 1.11 bits per heavy atom. The largest absolute Gasteiger partial charge is 0.508 e. The Hall–Kier alpha value is -5.27. The van der Waals surface area contributed by atoms with Gasteiger partial charge in [0.2, 0.25) is 17.7 Å². The number of amides is 3. The zero-order valence-corrected chi connectivity index (χ0v) is 42.4. The van der Waals surface area contributed by atoms with Crippen molar-refractivity contribution in [1.82, 2.24) is 21.3 Å². The lowest BCUT2D eigenvalue weighted by Crippen LogP contribution is -2.50. The number of hydrogen-bond acceptors (Lipinski definition) is 13. The van der Waals surface area contributed by atoms with Gasteiger partial charge in [-0.05, 0) is 75.0 Å². The van der Waals surface area contributed by atoms with Crippen molar-refractivity contribution in [2.75, 3.05) is 19.6 Å². The lowest BCUT2D eigenvalue weighted by molar-refractivity contribution is -0.145. The highest BCUT2D eigenvalue weighted by Gasteiger charge is 2.27. The van der Waals surface area contributed by atoms with Gasteiger partial charge in [0.1, 0.15) is 17.6 Å². The molecule has 1 rings (SSSR count). The van der Waals surface area contributed by atoms with Gasteiger partial charge in [0.05, 0.1) is 37.1 Å². The molecular weight excluding hydrogens is 917 g/mol. The molecule has 0 aliphatic heterocycles. The van der Waals surface area contributed by atoms with Crippen molar-refractivity contribution in [2.24, 2.45) is 23.3 Å². The SMILES string of the molecule is CC[C@H](C)[C@H](N)C(=O)CN[C@@H](CCCCNC(=O)CC[C@H](CC(=O)CC[C@H](NC(=O)CCCCCCCCCCCCCCCCC(=O)O)C(=O)O)C(=O)O)C(=O)CN[C@@H](Cc1ccc(O)cc1)C(N)=O. The standard InChI is InChI=1S/C52H86N6O13/c1-3-36(2)49(53)45(62)35-56-41(44(61)34-57-43(50(54)67)32-37-23-26-39(59)27-24-37)20-18-19-31-55-46(63)30-25-38(51(68)69)33-40(60)28-29-42(52(70)71)58-47(64)21-16-14-12-10-8-6-4-5-7-9-11-13-15-17-22-48(65)66/h23-24,26-27,36,38,41-43,49,56-57,59H,3-22,25,28-35,53H2,1-2H3,(H2,54,67)(H,55,63)(H,58,64)(H,65,66)(H,68,69)(H,70,71)/t36-,38+,41-,42-,43-,49-/m0/s1. The molecular formula is C52H86N6O13. The summed E-state index contributed by atoms with van der Waals surface area (Å²) in [5, 5.41) is 48.8. The number of Topliss-reactive ketones (excluding diaryl/α,β-unsaturated/α-hetero) is 3. The van der Waals surface area contributed by atoms with Gasteiger partial charge in [0.25, 0.3) is 0 Å². The summed E-state index contributed by atoms with van der Waals surface area (Å²) >= 11 is 0. The van der Waals surface area contributed by atoms with Crippen molar-refractivity contribution in [3.05, 3.63) is 29.8 Å². The topological polar surface area (TPSA) is 335 Å². The van der Waals surface area contributed by atoms with E-state index in [1.165, 1.54) is 37.8 Å². The zero-order chi connectivity index (χ0) is 53.0. The molecule has 0 saturated heterocycles. The van der Waals surface area contributed by atoms with E-state index in [9.17, 15) is 58.5 Å². The van der Waals surface area contributed by atoms with E-state index in [4.69, 9.17) is 16.6 Å². The van der Waals surface area contributed by atoms with Crippen molar-refractivity contribution >= 4 is 53.0 Å². The van der Waals surface area contributed by atoms with E-state index >= 15 is 0 Å². The molecule has 0 saturated carbocycles. The molecule has 0 aliphatic carbocycles. The fourth-order valence-electron chi connectivity index (χ4n) is 8.07. The van der Waals surface area contributed by atoms with Crippen molar-refractivity contribution in [3.8, 4) is 5.75 Å². The van der Waals surface area contributed by atoms with E-state index in [1.807, 2.05) is 13.8 Å². The lowest BCUT2D eigenvalue weighted by atomic mass is 9.94. The first kappa shape index (κ1) is 63.7. The molecule has 0 fully saturated rings. The third kappa shape index (κ3) is 31.6. The number of carbonyl (C=O) groups is 9. The number of carbonyl (C=O) groups excluding carboxylic acids is 6. The summed E-state index contributed by atoms with van der Waals surface area (Å²) in [4.78, 5) is 111. The fourth-order valence-corrected chi connectivity index (χ4v) is 8.07.